The third kappa shape index (κ3) is 3.92. The van der Waals surface area contributed by atoms with Crippen molar-refractivity contribution in [3.8, 4) is 0 Å². The summed E-state index contributed by atoms with van der Waals surface area (Å²) in [7, 11) is 0. The van der Waals surface area contributed by atoms with Gasteiger partial charge in [-0.1, -0.05) is 0 Å². The summed E-state index contributed by atoms with van der Waals surface area (Å²) in [5.74, 6) is 0.510. The Morgan fingerprint density at radius 2 is 1.70 bits per heavy atom. The quantitative estimate of drug-likeness (QED) is 0.505. The van der Waals surface area contributed by atoms with Gasteiger partial charge in [0, 0.05) is 36.1 Å². The van der Waals surface area contributed by atoms with Gasteiger partial charge in [-0.15, -0.1) is 5.10 Å². The van der Waals surface area contributed by atoms with Crippen molar-refractivity contribution in [2.75, 3.05) is 28.6 Å². The molecule has 0 aliphatic carbocycles. The first-order valence-electron chi connectivity index (χ1n) is 9.73. The highest BCUT2D eigenvalue weighted by molar-refractivity contribution is 7.00. The molecule has 0 atom stereocenters. The van der Waals surface area contributed by atoms with Crippen LogP contribution in [0.25, 0.3) is 11.0 Å². The van der Waals surface area contributed by atoms with Gasteiger partial charge in [0.25, 0.3) is 5.91 Å². The Hall–Kier alpha value is -3.59. The Balaban J connectivity index is 1.25. The van der Waals surface area contributed by atoms with Gasteiger partial charge in [0.05, 0.1) is 23.6 Å². The molecule has 150 valence electrons. The van der Waals surface area contributed by atoms with Gasteiger partial charge in [0.2, 0.25) is 0 Å². The second kappa shape index (κ2) is 8.03. The van der Waals surface area contributed by atoms with Crippen LogP contribution in [0.1, 0.15) is 23.2 Å². The molecule has 0 saturated carbocycles. The van der Waals surface area contributed by atoms with Crippen LogP contribution in [0, 0.1) is 0 Å². The number of carbonyl (C=O) groups is 1. The smallest absolute Gasteiger partial charge is 0.255 e. The first kappa shape index (κ1) is 18.4. The Bertz CT molecular complexity index is 1190. The topological polar surface area (TPSA) is 95.9 Å². The number of benzene rings is 2. The summed E-state index contributed by atoms with van der Waals surface area (Å²) < 4.78 is 8.33. The molecule has 1 aliphatic heterocycles. The number of nitrogens with one attached hydrogen (secondary N) is 2. The Kier molecular flexibility index (Phi) is 4.94. The fourth-order valence-electron chi connectivity index (χ4n) is 3.48. The minimum absolute atomic E-state index is 0.185. The zero-order chi connectivity index (χ0) is 20.3. The number of aromatic nitrogens is 4. The van der Waals surface area contributed by atoms with Crippen molar-refractivity contribution in [2.45, 2.75) is 12.8 Å². The van der Waals surface area contributed by atoms with E-state index in [-0.39, 0.29) is 5.91 Å². The van der Waals surface area contributed by atoms with E-state index in [2.05, 4.69) is 34.5 Å². The lowest BCUT2D eigenvalue weighted by atomic mass is 10.2. The molecular weight excluding hydrogens is 398 g/mol. The van der Waals surface area contributed by atoms with Crippen LogP contribution in [0.5, 0.6) is 0 Å². The van der Waals surface area contributed by atoms with Crippen LogP contribution >= 0.6 is 11.7 Å². The molecule has 30 heavy (non-hydrogen) atoms. The average Bonchev–Trinajstić information content (AvgIpc) is 3.47. The summed E-state index contributed by atoms with van der Waals surface area (Å²) in [4.78, 5) is 14.8. The van der Waals surface area contributed by atoms with Gasteiger partial charge in [0.15, 0.2) is 5.82 Å². The number of hydrogen-bond acceptors (Lipinski definition) is 8. The van der Waals surface area contributed by atoms with E-state index in [1.807, 2.05) is 30.3 Å². The zero-order valence-electron chi connectivity index (χ0n) is 16.1. The first-order chi connectivity index (χ1) is 14.7. The predicted molar refractivity (Wildman–Crippen MR) is 119 cm³/mol. The van der Waals surface area contributed by atoms with Crippen molar-refractivity contribution >= 4 is 51.5 Å². The van der Waals surface area contributed by atoms with Crippen molar-refractivity contribution in [3.05, 3.63) is 60.3 Å². The SMILES string of the molecule is O=C(Nc1ccc(Nc2cc(N3CCCC3)cnn2)cc1)c1ccc2nsnc2c1. The van der Waals surface area contributed by atoms with Crippen molar-refractivity contribution in [1.29, 1.82) is 0 Å². The zero-order valence-corrected chi connectivity index (χ0v) is 16.9. The van der Waals surface area contributed by atoms with Crippen molar-refractivity contribution < 1.29 is 4.79 Å². The molecule has 0 unspecified atom stereocenters. The van der Waals surface area contributed by atoms with Crippen LogP contribution in [0.2, 0.25) is 0 Å². The Labute approximate surface area is 177 Å². The summed E-state index contributed by atoms with van der Waals surface area (Å²) in [5.41, 5.74) is 4.73. The molecule has 1 saturated heterocycles. The van der Waals surface area contributed by atoms with Crippen LogP contribution < -0.4 is 15.5 Å². The molecule has 9 heteroatoms. The Morgan fingerprint density at radius 3 is 2.53 bits per heavy atom. The molecular formula is C21H19N7OS. The molecule has 1 fully saturated rings. The van der Waals surface area contributed by atoms with Gasteiger partial charge in [-0.05, 0) is 55.3 Å². The second-order valence-corrected chi connectivity index (χ2v) is 7.65. The molecule has 0 radical (unpaired) electrons. The van der Waals surface area contributed by atoms with Gasteiger partial charge in [-0.3, -0.25) is 4.79 Å². The maximum Gasteiger partial charge on any atom is 0.255 e. The van der Waals surface area contributed by atoms with E-state index in [0.29, 0.717) is 17.1 Å². The summed E-state index contributed by atoms with van der Waals surface area (Å²) >= 11 is 1.14. The maximum absolute atomic E-state index is 12.5. The molecule has 5 rings (SSSR count). The molecule has 3 heterocycles. The van der Waals surface area contributed by atoms with Crippen molar-refractivity contribution in [1.82, 2.24) is 18.9 Å². The van der Waals surface area contributed by atoms with Crippen LogP contribution in [0.15, 0.2) is 54.7 Å². The van der Waals surface area contributed by atoms with Gasteiger partial charge in [-0.25, -0.2) is 0 Å². The van der Waals surface area contributed by atoms with Crippen molar-refractivity contribution in [3.63, 3.8) is 0 Å². The monoisotopic (exact) mass is 417 g/mol. The number of hydrogen-bond donors (Lipinski definition) is 2. The lowest BCUT2D eigenvalue weighted by molar-refractivity contribution is 0.102. The third-order valence-corrected chi connectivity index (χ3v) is 5.60. The highest BCUT2D eigenvalue weighted by Gasteiger charge is 2.13. The number of anilines is 4. The fourth-order valence-corrected chi connectivity index (χ4v) is 3.99. The standard InChI is InChI=1S/C21H19N7OS/c29-21(14-3-8-18-19(11-14)27-30-26-18)24-16-6-4-15(5-7-16)23-20-12-17(13-22-25-20)28-9-1-2-10-28/h3-8,11-13H,1-2,9-10H2,(H,23,25)(H,24,29). The summed E-state index contributed by atoms with van der Waals surface area (Å²) in [6.07, 6.45) is 4.23. The molecule has 2 aromatic carbocycles. The van der Waals surface area contributed by atoms with E-state index in [9.17, 15) is 4.79 Å². The highest BCUT2D eigenvalue weighted by atomic mass is 32.1. The molecule has 4 aromatic rings. The fraction of sp³-hybridized carbons (Fsp3) is 0.190. The largest absolute Gasteiger partial charge is 0.370 e. The molecule has 0 spiro atoms. The third-order valence-electron chi connectivity index (χ3n) is 5.04. The van der Waals surface area contributed by atoms with Gasteiger partial charge >= 0.3 is 0 Å². The Morgan fingerprint density at radius 1 is 0.933 bits per heavy atom. The van der Waals surface area contributed by atoms with Gasteiger partial charge in [0.1, 0.15) is 11.0 Å². The number of amides is 1. The van der Waals surface area contributed by atoms with Crippen LogP contribution in [-0.4, -0.2) is 37.9 Å². The molecule has 2 aromatic heterocycles. The minimum atomic E-state index is -0.185. The number of rotatable bonds is 5. The molecule has 2 N–H and O–H groups in total. The van der Waals surface area contributed by atoms with E-state index in [4.69, 9.17) is 0 Å². The number of fused-ring (bicyclic) bond motifs is 1. The van der Waals surface area contributed by atoms with Gasteiger partial charge in [-0.2, -0.15) is 13.8 Å². The van der Waals surface area contributed by atoms with E-state index in [1.54, 1.807) is 24.4 Å². The van der Waals surface area contributed by atoms with E-state index in [0.717, 1.165) is 47.2 Å². The highest BCUT2D eigenvalue weighted by Crippen LogP contribution is 2.24. The lowest BCUT2D eigenvalue weighted by Crippen LogP contribution is -2.18. The first-order valence-corrected chi connectivity index (χ1v) is 10.5. The predicted octanol–water partition coefficient (Wildman–Crippen LogP) is 4.08. The van der Waals surface area contributed by atoms with E-state index < -0.39 is 0 Å². The summed E-state index contributed by atoms with van der Waals surface area (Å²) in [6.45, 7) is 2.12. The van der Waals surface area contributed by atoms with Crippen LogP contribution in [0.3, 0.4) is 0 Å². The maximum atomic E-state index is 12.5. The lowest BCUT2D eigenvalue weighted by Gasteiger charge is -2.17. The van der Waals surface area contributed by atoms with Crippen molar-refractivity contribution in [2.24, 2.45) is 0 Å². The normalized spacial score (nSPS) is 13.5. The van der Waals surface area contributed by atoms with Gasteiger partial charge < -0.3 is 15.5 Å². The minimum Gasteiger partial charge on any atom is -0.370 e. The number of carbonyl (C=O) groups excluding carboxylic acids is 1. The van der Waals surface area contributed by atoms with E-state index >= 15 is 0 Å². The van der Waals surface area contributed by atoms with Crippen LogP contribution in [-0.2, 0) is 0 Å². The average molecular weight is 417 g/mol. The summed E-state index contributed by atoms with van der Waals surface area (Å²) in [5, 5.41) is 14.5. The van der Waals surface area contributed by atoms with E-state index in [1.165, 1.54) is 12.8 Å². The van der Waals surface area contributed by atoms with Crippen LogP contribution in [0.4, 0.5) is 22.9 Å². The molecule has 1 amide bonds. The second-order valence-electron chi connectivity index (χ2n) is 7.12. The number of nitrogens with zero attached hydrogens (tertiary/aromatic N) is 5. The molecule has 0 bridgehead atoms. The molecule has 8 nitrogen and oxygen atoms in total. The summed E-state index contributed by atoms with van der Waals surface area (Å²) in [6, 6.07) is 14.8. The molecule has 1 aliphatic rings.